The first kappa shape index (κ1) is 19.7. The van der Waals surface area contributed by atoms with Crippen molar-refractivity contribution in [3.63, 3.8) is 0 Å². The molecule has 2 aromatic carbocycles. The summed E-state index contributed by atoms with van der Waals surface area (Å²) in [6.45, 7) is 0.281. The van der Waals surface area contributed by atoms with Gasteiger partial charge >= 0.3 is 0 Å². The van der Waals surface area contributed by atoms with Crippen LogP contribution in [0.4, 0.5) is 10.1 Å². The van der Waals surface area contributed by atoms with Crippen LogP contribution in [-0.2, 0) is 16.1 Å². The fourth-order valence-corrected chi connectivity index (χ4v) is 3.57. The molecule has 0 saturated carbocycles. The van der Waals surface area contributed by atoms with Gasteiger partial charge < -0.3 is 15.4 Å². The number of benzene rings is 2. The Balaban J connectivity index is 1.62. The molecule has 2 N–H and O–H groups in total. The zero-order valence-corrected chi connectivity index (χ0v) is 16.0. The zero-order valence-electron chi connectivity index (χ0n) is 15.2. The summed E-state index contributed by atoms with van der Waals surface area (Å²) in [5.41, 5.74) is 1.95. The lowest BCUT2D eigenvalue weighted by molar-refractivity contribution is -0.119. The van der Waals surface area contributed by atoms with Gasteiger partial charge in [0, 0.05) is 29.8 Å². The molecule has 3 aromatic rings. The van der Waals surface area contributed by atoms with Crippen LogP contribution in [0.3, 0.4) is 0 Å². The summed E-state index contributed by atoms with van der Waals surface area (Å²) in [5, 5.41) is 5.56. The van der Waals surface area contributed by atoms with Crippen LogP contribution in [0, 0.1) is 5.82 Å². The molecule has 5 nitrogen and oxygen atoms in total. The highest BCUT2D eigenvalue weighted by Crippen LogP contribution is 2.30. The first-order valence-electron chi connectivity index (χ1n) is 8.57. The molecule has 0 aliphatic heterocycles. The number of nitrogens with one attached hydrogen (secondary N) is 2. The number of carbonyl (C=O) groups is 2. The van der Waals surface area contributed by atoms with E-state index in [1.54, 1.807) is 48.5 Å². The van der Waals surface area contributed by atoms with Gasteiger partial charge in [-0.3, -0.25) is 9.59 Å². The second-order valence-electron chi connectivity index (χ2n) is 6.01. The zero-order chi connectivity index (χ0) is 19.9. The van der Waals surface area contributed by atoms with E-state index in [0.717, 1.165) is 5.56 Å². The number of hydrogen-bond acceptors (Lipinski definition) is 4. The van der Waals surface area contributed by atoms with Crippen LogP contribution in [0.2, 0.25) is 0 Å². The van der Waals surface area contributed by atoms with Gasteiger partial charge in [0.15, 0.2) is 0 Å². The maximum atomic E-state index is 13.9. The fourth-order valence-electron chi connectivity index (χ4n) is 2.62. The lowest BCUT2D eigenvalue weighted by atomic mass is 10.2. The molecule has 3 rings (SSSR count). The molecule has 0 fully saturated rings. The molecular weight excluding hydrogens is 379 g/mol. The number of hydrogen-bond donors (Lipinski definition) is 2. The summed E-state index contributed by atoms with van der Waals surface area (Å²) in [6.07, 6.45) is 0. The quantitative estimate of drug-likeness (QED) is 0.630. The van der Waals surface area contributed by atoms with E-state index in [1.807, 2.05) is 6.07 Å². The van der Waals surface area contributed by atoms with E-state index in [0.29, 0.717) is 27.5 Å². The number of rotatable bonds is 7. The fraction of sp³-hybridized carbons (Fsp3) is 0.143. The lowest BCUT2D eigenvalue weighted by Crippen LogP contribution is -2.22. The molecule has 0 unspecified atom stereocenters. The van der Waals surface area contributed by atoms with E-state index >= 15 is 0 Å². The molecule has 0 saturated heterocycles. The predicted molar refractivity (Wildman–Crippen MR) is 108 cm³/mol. The number of methoxy groups -OCH3 is 1. The first-order chi connectivity index (χ1) is 13.6. The summed E-state index contributed by atoms with van der Waals surface area (Å²) in [5.74, 6) is -0.798. The second kappa shape index (κ2) is 9.25. The minimum Gasteiger partial charge on any atom is -0.375 e. The summed E-state index contributed by atoms with van der Waals surface area (Å²) in [4.78, 5) is 25.2. The van der Waals surface area contributed by atoms with E-state index in [1.165, 1.54) is 24.5 Å². The van der Waals surface area contributed by atoms with Gasteiger partial charge in [0.05, 0.1) is 4.88 Å². The molecule has 144 valence electrons. The highest BCUT2D eigenvalue weighted by molar-refractivity contribution is 7.17. The number of ether oxygens (including phenoxy) is 1. The van der Waals surface area contributed by atoms with Gasteiger partial charge in [-0.05, 0) is 35.9 Å². The first-order valence-corrected chi connectivity index (χ1v) is 9.39. The van der Waals surface area contributed by atoms with Crippen molar-refractivity contribution in [2.45, 2.75) is 6.54 Å². The predicted octanol–water partition coefficient (Wildman–Crippen LogP) is 4.07. The third-order valence-electron chi connectivity index (χ3n) is 3.91. The van der Waals surface area contributed by atoms with Gasteiger partial charge in [-0.15, -0.1) is 11.3 Å². The molecule has 0 aliphatic rings. The highest BCUT2D eigenvalue weighted by Gasteiger charge is 2.12. The van der Waals surface area contributed by atoms with Crippen molar-refractivity contribution in [3.8, 4) is 10.4 Å². The minimum absolute atomic E-state index is 0.0241. The van der Waals surface area contributed by atoms with E-state index in [4.69, 9.17) is 4.74 Å². The van der Waals surface area contributed by atoms with Crippen molar-refractivity contribution >= 4 is 28.8 Å². The van der Waals surface area contributed by atoms with Crippen molar-refractivity contribution in [2.24, 2.45) is 0 Å². The topological polar surface area (TPSA) is 67.4 Å². The standard InChI is InChI=1S/C21H19FN2O3S/c1-27-13-20(25)24-15-6-4-5-14(11-15)12-23-21(26)19-10-9-18(28-19)16-7-2-3-8-17(16)22/h2-11H,12-13H2,1H3,(H,23,26)(H,24,25). The minimum atomic E-state index is -0.316. The smallest absolute Gasteiger partial charge is 0.261 e. The molecule has 7 heteroatoms. The largest absolute Gasteiger partial charge is 0.375 e. The van der Waals surface area contributed by atoms with Gasteiger partial charge in [0.25, 0.3) is 5.91 Å². The Morgan fingerprint density at radius 1 is 1.07 bits per heavy atom. The van der Waals surface area contributed by atoms with Crippen molar-refractivity contribution in [1.29, 1.82) is 0 Å². The van der Waals surface area contributed by atoms with Crippen LogP contribution in [0.5, 0.6) is 0 Å². The lowest BCUT2D eigenvalue weighted by Gasteiger charge is -2.08. The van der Waals surface area contributed by atoms with E-state index in [-0.39, 0.29) is 24.2 Å². The van der Waals surface area contributed by atoms with Crippen molar-refractivity contribution in [1.82, 2.24) is 5.32 Å². The summed E-state index contributed by atoms with van der Waals surface area (Å²) in [7, 11) is 1.45. The van der Waals surface area contributed by atoms with Crippen molar-refractivity contribution in [3.05, 3.63) is 76.9 Å². The SMILES string of the molecule is COCC(=O)Nc1cccc(CNC(=O)c2ccc(-c3ccccc3F)s2)c1. The number of anilines is 1. The molecule has 0 aliphatic carbocycles. The van der Waals surface area contributed by atoms with Crippen LogP contribution < -0.4 is 10.6 Å². The van der Waals surface area contributed by atoms with Gasteiger partial charge in [-0.2, -0.15) is 0 Å². The molecule has 1 heterocycles. The average molecular weight is 398 g/mol. The molecule has 0 radical (unpaired) electrons. The Labute approximate surface area is 166 Å². The Morgan fingerprint density at radius 2 is 1.89 bits per heavy atom. The van der Waals surface area contributed by atoms with E-state index < -0.39 is 0 Å². The van der Waals surface area contributed by atoms with E-state index in [2.05, 4.69) is 10.6 Å². The molecule has 0 bridgehead atoms. The van der Waals surface area contributed by atoms with Gasteiger partial charge in [0.1, 0.15) is 12.4 Å². The number of halogens is 1. The van der Waals surface area contributed by atoms with Crippen LogP contribution in [0.1, 0.15) is 15.2 Å². The van der Waals surface area contributed by atoms with Gasteiger partial charge in [0.2, 0.25) is 5.91 Å². The van der Waals surface area contributed by atoms with Crippen molar-refractivity contribution < 1.29 is 18.7 Å². The van der Waals surface area contributed by atoms with Gasteiger partial charge in [-0.25, -0.2) is 4.39 Å². The normalized spacial score (nSPS) is 10.5. The number of carbonyl (C=O) groups excluding carboxylic acids is 2. The van der Waals surface area contributed by atoms with Crippen molar-refractivity contribution in [2.75, 3.05) is 19.0 Å². The third-order valence-corrected chi connectivity index (χ3v) is 5.03. The summed E-state index contributed by atoms with van der Waals surface area (Å²) < 4.78 is 18.7. The summed E-state index contributed by atoms with van der Waals surface area (Å²) >= 11 is 1.24. The molecule has 2 amide bonds. The van der Waals surface area contributed by atoms with E-state index in [9.17, 15) is 14.0 Å². The van der Waals surface area contributed by atoms with Gasteiger partial charge in [-0.1, -0.05) is 30.3 Å². The molecular formula is C21H19FN2O3S. The Morgan fingerprint density at radius 3 is 2.68 bits per heavy atom. The number of amides is 2. The Kier molecular flexibility index (Phi) is 6.52. The molecule has 0 atom stereocenters. The Bertz CT molecular complexity index is 987. The van der Waals surface area contributed by atoms with Crippen LogP contribution in [-0.4, -0.2) is 25.5 Å². The second-order valence-corrected chi connectivity index (χ2v) is 7.09. The molecule has 0 spiro atoms. The van der Waals surface area contributed by atoms with Crippen LogP contribution in [0.15, 0.2) is 60.7 Å². The average Bonchev–Trinajstić information content (AvgIpc) is 3.17. The molecule has 1 aromatic heterocycles. The van der Waals surface area contributed by atoms with Crippen LogP contribution >= 0.6 is 11.3 Å². The summed E-state index contributed by atoms with van der Waals surface area (Å²) in [6, 6.07) is 17.1. The van der Waals surface area contributed by atoms with Crippen LogP contribution in [0.25, 0.3) is 10.4 Å². The third kappa shape index (κ3) is 5.03. The number of thiophene rings is 1. The maximum absolute atomic E-state index is 13.9. The maximum Gasteiger partial charge on any atom is 0.261 e. The highest BCUT2D eigenvalue weighted by atomic mass is 32.1. The monoisotopic (exact) mass is 398 g/mol. The Hall–Kier alpha value is -3.03. The molecule has 28 heavy (non-hydrogen) atoms.